The minimum absolute atomic E-state index is 0. The second-order valence-corrected chi connectivity index (χ2v) is 7.64. The second kappa shape index (κ2) is 13.4. The Morgan fingerprint density at radius 1 is 0.889 bits per heavy atom. The fraction of sp³-hybridized carbons (Fsp3) is 0.0690. The number of ketones is 2. The quantitative estimate of drug-likeness (QED) is 0.111. The summed E-state index contributed by atoms with van der Waals surface area (Å²) >= 11 is 0. The van der Waals surface area contributed by atoms with E-state index in [-0.39, 0.29) is 44.0 Å². The number of aliphatic hydroxyl groups is 1. The number of nitrogens with zero attached hydrogens (tertiary/aromatic N) is 1. The molecule has 3 aromatic carbocycles. The summed E-state index contributed by atoms with van der Waals surface area (Å²) in [5.41, 5.74) is 3.44. The van der Waals surface area contributed by atoms with Crippen LogP contribution in [-0.2, 0) is 25.9 Å². The van der Waals surface area contributed by atoms with Gasteiger partial charge in [0.05, 0.1) is 5.76 Å². The Bertz CT molecular complexity index is 1350. The van der Waals surface area contributed by atoms with E-state index in [2.05, 4.69) is 11.1 Å². The summed E-state index contributed by atoms with van der Waals surface area (Å²) < 4.78 is 26.9. The number of hydrogen-bond acceptors (Lipinski definition) is 4. The Morgan fingerprint density at radius 2 is 1.50 bits per heavy atom. The average molecular weight is 666 g/mol. The van der Waals surface area contributed by atoms with Gasteiger partial charge in [-0.2, -0.15) is 0 Å². The molecule has 186 valence electrons. The third-order valence-electron chi connectivity index (χ3n) is 4.81. The molecule has 0 unspecified atom stereocenters. The molecule has 4 rings (SSSR count). The molecule has 0 saturated carbocycles. The Hall–Kier alpha value is -3.76. The maximum atomic E-state index is 13.9. The third kappa shape index (κ3) is 7.89. The molecule has 0 aliphatic heterocycles. The van der Waals surface area contributed by atoms with E-state index in [0.717, 1.165) is 23.3 Å². The van der Waals surface area contributed by atoms with Crippen LogP contribution in [0.4, 0.5) is 8.78 Å². The average Bonchev–Trinajstić information content (AvgIpc) is 2.84. The van der Waals surface area contributed by atoms with Gasteiger partial charge in [-0.1, -0.05) is 78.4 Å². The molecule has 0 atom stereocenters. The molecule has 0 amide bonds. The second-order valence-electron chi connectivity index (χ2n) is 7.64. The maximum Gasteiger partial charge on any atom is 0.193 e. The van der Waals surface area contributed by atoms with Crippen LogP contribution in [0.3, 0.4) is 0 Å². The summed E-state index contributed by atoms with van der Waals surface area (Å²) in [5, 5.41) is 8.36. The van der Waals surface area contributed by atoms with Gasteiger partial charge in [-0.25, -0.2) is 0 Å². The van der Waals surface area contributed by atoms with Crippen LogP contribution in [0.5, 0.6) is 0 Å². The molecular formula is C29H22F2NO3Pt-. The fourth-order valence-electron chi connectivity index (χ4n) is 3.22. The molecule has 0 aliphatic rings. The number of allylic oxidation sites excluding steroid dienone is 2. The van der Waals surface area contributed by atoms with Crippen LogP contribution in [0.15, 0.2) is 96.9 Å². The summed E-state index contributed by atoms with van der Waals surface area (Å²) in [6.45, 7) is 2.85. The van der Waals surface area contributed by atoms with E-state index in [1.165, 1.54) is 19.9 Å². The predicted octanol–water partition coefficient (Wildman–Crippen LogP) is 6.76. The Kier molecular flexibility index (Phi) is 10.6. The number of halogens is 2. The number of benzene rings is 3. The van der Waals surface area contributed by atoms with Crippen molar-refractivity contribution in [3.05, 3.63) is 126 Å². The number of hydrogen-bond donors (Lipinski definition) is 1. The van der Waals surface area contributed by atoms with Gasteiger partial charge in [0.1, 0.15) is 0 Å². The van der Waals surface area contributed by atoms with Crippen molar-refractivity contribution in [3.8, 4) is 22.4 Å². The number of aromatic nitrogens is 1. The topological polar surface area (TPSA) is 67.3 Å². The monoisotopic (exact) mass is 665 g/mol. The number of pyridine rings is 1. The summed E-state index contributed by atoms with van der Waals surface area (Å²) in [7, 11) is 0. The van der Waals surface area contributed by atoms with E-state index < -0.39 is 11.6 Å². The smallest absolute Gasteiger partial charge is 0.193 e. The van der Waals surface area contributed by atoms with Gasteiger partial charge >= 0.3 is 0 Å². The first-order valence-corrected chi connectivity index (χ1v) is 10.7. The van der Waals surface area contributed by atoms with Gasteiger partial charge in [0.25, 0.3) is 0 Å². The van der Waals surface area contributed by atoms with E-state index in [0.29, 0.717) is 16.8 Å². The van der Waals surface area contributed by atoms with Gasteiger partial charge in [-0.05, 0) is 30.7 Å². The van der Waals surface area contributed by atoms with Gasteiger partial charge in [0, 0.05) is 56.1 Å². The first-order valence-electron chi connectivity index (χ1n) is 10.7. The van der Waals surface area contributed by atoms with Crippen LogP contribution in [0.1, 0.15) is 29.8 Å². The Labute approximate surface area is 222 Å². The van der Waals surface area contributed by atoms with E-state index in [1.807, 2.05) is 30.3 Å². The van der Waals surface area contributed by atoms with Crippen molar-refractivity contribution in [2.24, 2.45) is 0 Å². The summed E-state index contributed by atoms with van der Waals surface area (Å²) in [6, 6.07) is 24.2. The fourth-order valence-corrected chi connectivity index (χ4v) is 3.22. The van der Waals surface area contributed by atoms with E-state index >= 15 is 0 Å². The van der Waals surface area contributed by atoms with Crippen molar-refractivity contribution in [2.45, 2.75) is 13.8 Å². The van der Waals surface area contributed by atoms with E-state index in [9.17, 15) is 18.4 Å². The standard InChI is InChI=1S/C24H14F2NO.C5H8O2.Pt/c25-20-11-12-21(22(26)14-20)23-13-10-19(15-27-23)16-6-8-18(9-7-16)24(28)17-4-2-1-3-5-17;1-4(6)3-5(2)7;/h1-11,13-15H;3,6H,1-2H3;/q-1;;/b;4-3-;. The van der Waals surface area contributed by atoms with Crippen LogP contribution in [0.2, 0.25) is 0 Å². The van der Waals surface area contributed by atoms with Gasteiger partial charge < -0.3 is 10.1 Å². The largest absolute Gasteiger partial charge is 0.512 e. The molecule has 4 aromatic rings. The Balaban J connectivity index is 0.000000503. The van der Waals surface area contributed by atoms with Crippen molar-refractivity contribution in [1.82, 2.24) is 4.98 Å². The predicted molar refractivity (Wildman–Crippen MR) is 131 cm³/mol. The van der Waals surface area contributed by atoms with Crippen LogP contribution < -0.4 is 0 Å². The van der Waals surface area contributed by atoms with Crippen molar-refractivity contribution >= 4 is 11.6 Å². The first-order chi connectivity index (χ1) is 16.7. The molecule has 1 heterocycles. The van der Waals surface area contributed by atoms with E-state index in [4.69, 9.17) is 5.11 Å². The number of rotatable bonds is 5. The van der Waals surface area contributed by atoms with Crippen LogP contribution in [-0.4, -0.2) is 21.7 Å². The number of carbonyl (C=O) groups is 2. The summed E-state index contributed by atoms with van der Waals surface area (Å²) in [4.78, 5) is 26.8. The first kappa shape index (κ1) is 28.5. The van der Waals surface area contributed by atoms with Gasteiger partial charge in [-0.15, -0.1) is 12.1 Å². The van der Waals surface area contributed by atoms with E-state index in [1.54, 1.807) is 42.6 Å². The number of carbonyl (C=O) groups excluding carboxylic acids is 2. The molecule has 1 N–H and O–H groups in total. The molecule has 36 heavy (non-hydrogen) atoms. The van der Waals surface area contributed by atoms with Crippen molar-refractivity contribution in [3.63, 3.8) is 0 Å². The Morgan fingerprint density at radius 3 is 2.00 bits per heavy atom. The van der Waals surface area contributed by atoms with Gasteiger partial charge in [-0.3, -0.25) is 18.4 Å². The SMILES string of the molecule is CC(=O)/C=C(/C)O.O=C(c1ccccc1)c1ccc(-c2ccc(-c3[c-]cc(F)cc3F)nc2)cc1.[Pt]. The molecule has 0 aliphatic carbocycles. The van der Waals surface area contributed by atoms with Gasteiger partial charge in [0.15, 0.2) is 11.6 Å². The summed E-state index contributed by atoms with van der Waals surface area (Å²) in [5.74, 6) is -1.48. The zero-order valence-electron chi connectivity index (χ0n) is 19.4. The van der Waals surface area contributed by atoms with Crippen LogP contribution in [0.25, 0.3) is 22.4 Å². The third-order valence-corrected chi connectivity index (χ3v) is 4.81. The zero-order chi connectivity index (χ0) is 25.4. The molecule has 0 saturated heterocycles. The van der Waals surface area contributed by atoms with Crippen LogP contribution in [0, 0.1) is 17.7 Å². The molecule has 0 radical (unpaired) electrons. The zero-order valence-corrected chi connectivity index (χ0v) is 21.7. The summed E-state index contributed by atoms with van der Waals surface area (Å²) in [6.07, 6.45) is 2.78. The maximum absolute atomic E-state index is 13.9. The minimum atomic E-state index is -0.705. The molecule has 0 spiro atoms. The molecule has 1 aromatic heterocycles. The molecular weight excluding hydrogens is 643 g/mol. The van der Waals surface area contributed by atoms with Crippen molar-refractivity contribution < 1.29 is 44.5 Å². The molecule has 0 fully saturated rings. The number of aliphatic hydroxyl groups excluding tert-OH is 1. The van der Waals surface area contributed by atoms with Crippen LogP contribution >= 0.6 is 0 Å². The molecule has 4 nitrogen and oxygen atoms in total. The van der Waals surface area contributed by atoms with Crippen molar-refractivity contribution in [2.75, 3.05) is 0 Å². The van der Waals surface area contributed by atoms with Gasteiger partial charge in [0.2, 0.25) is 0 Å². The molecule has 7 heteroatoms. The minimum Gasteiger partial charge on any atom is -0.512 e. The van der Waals surface area contributed by atoms with Crippen molar-refractivity contribution in [1.29, 1.82) is 0 Å². The normalized spacial score (nSPS) is 10.5. The molecule has 0 bridgehead atoms.